The summed E-state index contributed by atoms with van der Waals surface area (Å²) in [6, 6.07) is 13.3. The van der Waals surface area contributed by atoms with E-state index in [1.54, 1.807) is 30.8 Å². The average molecular weight is 364 g/mol. The molecule has 0 radical (unpaired) electrons. The largest absolute Gasteiger partial charge is 0.497 e. The number of aliphatic hydroxyl groups is 1. The summed E-state index contributed by atoms with van der Waals surface area (Å²) in [5, 5.41) is 17.8. The van der Waals surface area contributed by atoms with E-state index in [0.717, 1.165) is 32.2 Å². The van der Waals surface area contributed by atoms with Crippen molar-refractivity contribution in [3.8, 4) is 26.9 Å². The summed E-state index contributed by atoms with van der Waals surface area (Å²) in [5.41, 5.74) is 2.60. The summed E-state index contributed by atoms with van der Waals surface area (Å²) < 4.78 is 5.19. The van der Waals surface area contributed by atoms with Gasteiger partial charge in [0.05, 0.1) is 12.0 Å². The van der Waals surface area contributed by atoms with Crippen LogP contribution in [0.15, 0.2) is 61.2 Å². The lowest BCUT2D eigenvalue weighted by atomic mass is 10.0. The van der Waals surface area contributed by atoms with Crippen LogP contribution in [0.25, 0.3) is 21.1 Å². The molecule has 4 aromatic rings. The first-order valence-corrected chi connectivity index (χ1v) is 8.80. The number of pyridine rings is 1. The molecule has 0 aliphatic carbocycles. The van der Waals surface area contributed by atoms with E-state index in [2.05, 4.69) is 20.2 Å². The molecule has 7 heteroatoms. The highest BCUT2D eigenvalue weighted by Gasteiger charge is 2.21. The van der Waals surface area contributed by atoms with Gasteiger partial charge in [0.2, 0.25) is 0 Å². The van der Waals surface area contributed by atoms with Crippen molar-refractivity contribution in [1.29, 1.82) is 0 Å². The van der Waals surface area contributed by atoms with Crippen molar-refractivity contribution in [3.05, 3.63) is 72.3 Å². The number of hydrogen-bond acceptors (Lipinski definition) is 6. The monoisotopic (exact) mass is 364 g/mol. The second kappa shape index (κ2) is 7.07. The number of ether oxygens (including phenoxy) is 1. The van der Waals surface area contributed by atoms with Gasteiger partial charge in [-0.1, -0.05) is 12.1 Å². The number of nitrogens with zero attached hydrogens (tertiary/aromatic N) is 3. The normalized spacial score (nSPS) is 12.1. The van der Waals surface area contributed by atoms with Crippen molar-refractivity contribution in [2.45, 2.75) is 6.10 Å². The van der Waals surface area contributed by atoms with E-state index < -0.39 is 6.10 Å². The predicted molar refractivity (Wildman–Crippen MR) is 100.0 cm³/mol. The number of H-pyrrole nitrogens is 1. The number of hydrogen-bond donors (Lipinski definition) is 2. The fourth-order valence-electron chi connectivity index (χ4n) is 2.73. The number of benzene rings is 1. The standard InChI is InChI=1S/C19H16N4O2S/c1-25-14-4-2-13(3-5-14)17(24)15-10-16(12-6-8-20-9-7-12)26-18(15)19-21-11-22-23-19/h2-11,17,24H,1H3,(H,21,22,23). The molecular formula is C19H16N4O2S. The van der Waals surface area contributed by atoms with Crippen LogP contribution in [0.5, 0.6) is 5.75 Å². The Balaban J connectivity index is 1.79. The number of methoxy groups -OCH3 is 1. The highest BCUT2D eigenvalue weighted by atomic mass is 32.1. The minimum absolute atomic E-state index is 0.637. The van der Waals surface area contributed by atoms with Crippen molar-refractivity contribution < 1.29 is 9.84 Å². The Morgan fingerprint density at radius 1 is 1.12 bits per heavy atom. The first-order valence-electron chi connectivity index (χ1n) is 7.98. The molecule has 0 aliphatic rings. The Morgan fingerprint density at radius 3 is 2.54 bits per heavy atom. The van der Waals surface area contributed by atoms with Crippen molar-refractivity contribution >= 4 is 11.3 Å². The van der Waals surface area contributed by atoms with E-state index in [9.17, 15) is 5.11 Å². The maximum Gasteiger partial charge on any atom is 0.165 e. The third-order valence-corrected chi connectivity index (χ3v) is 5.29. The zero-order valence-electron chi connectivity index (χ0n) is 14.0. The SMILES string of the molecule is COc1ccc(C(O)c2cc(-c3ccncc3)sc2-c2ncn[nH]2)cc1. The molecule has 0 aliphatic heterocycles. The highest BCUT2D eigenvalue weighted by molar-refractivity contribution is 7.19. The van der Waals surface area contributed by atoms with E-state index in [-0.39, 0.29) is 0 Å². The summed E-state index contributed by atoms with van der Waals surface area (Å²) in [4.78, 5) is 10.2. The van der Waals surface area contributed by atoms with Gasteiger partial charge in [-0.2, -0.15) is 5.10 Å². The lowest BCUT2D eigenvalue weighted by molar-refractivity contribution is 0.221. The van der Waals surface area contributed by atoms with Gasteiger partial charge in [-0.25, -0.2) is 4.98 Å². The van der Waals surface area contributed by atoms with Gasteiger partial charge in [-0.15, -0.1) is 11.3 Å². The van der Waals surface area contributed by atoms with Gasteiger partial charge < -0.3 is 9.84 Å². The van der Waals surface area contributed by atoms with Crippen LogP contribution < -0.4 is 4.74 Å². The molecule has 1 unspecified atom stereocenters. The lowest BCUT2D eigenvalue weighted by Crippen LogP contribution is -2.00. The van der Waals surface area contributed by atoms with Crippen LogP contribution in [0.4, 0.5) is 0 Å². The quantitative estimate of drug-likeness (QED) is 0.564. The fourth-order valence-corrected chi connectivity index (χ4v) is 3.88. The van der Waals surface area contributed by atoms with Gasteiger partial charge in [-0.05, 0) is 41.5 Å². The molecule has 0 spiro atoms. The van der Waals surface area contributed by atoms with E-state index >= 15 is 0 Å². The fraction of sp³-hybridized carbons (Fsp3) is 0.105. The van der Waals surface area contributed by atoms with Crippen LogP contribution in [-0.4, -0.2) is 32.4 Å². The molecule has 0 bridgehead atoms. The molecule has 130 valence electrons. The second-order valence-electron chi connectivity index (χ2n) is 5.64. The van der Waals surface area contributed by atoms with Gasteiger partial charge in [0, 0.05) is 22.8 Å². The van der Waals surface area contributed by atoms with E-state index in [1.807, 2.05) is 42.5 Å². The minimum atomic E-state index is -0.784. The molecule has 4 rings (SSSR count). The molecule has 1 aromatic carbocycles. The number of nitrogens with one attached hydrogen (secondary N) is 1. The van der Waals surface area contributed by atoms with Gasteiger partial charge in [-0.3, -0.25) is 10.1 Å². The van der Waals surface area contributed by atoms with Crippen molar-refractivity contribution in [3.63, 3.8) is 0 Å². The number of rotatable bonds is 5. The summed E-state index contributed by atoms with van der Waals surface area (Å²) in [6.07, 6.45) is 4.18. The Morgan fingerprint density at radius 2 is 1.88 bits per heavy atom. The van der Waals surface area contributed by atoms with Gasteiger partial charge in [0.15, 0.2) is 5.82 Å². The zero-order chi connectivity index (χ0) is 17.9. The molecule has 1 atom stereocenters. The number of aromatic nitrogens is 4. The Kier molecular flexibility index (Phi) is 4.47. The molecular weight excluding hydrogens is 348 g/mol. The molecule has 6 nitrogen and oxygen atoms in total. The highest BCUT2D eigenvalue weighted by Crippen LogP contribution is 2.41. The maximum atomic E-state index is 11.0. The Labute approximate surface area is 154 Å². The first-order chi connectivity index (χ1) is 12.8. The number of aliphatic hydroxyl groups excluding tert-OH is 1. The van der Waals surface area contributed by atoms with Gasteiger partial charge in [0.1, 0.15) is 18.2 Å². The summed E-state index contributed by atoms with van der Waals surface area (Å²) in [5.74, 6) is 1.39. The van der Waals surface area contributed by atoms with E-state index in [0.29, 0.717) is 5.82 Å². The topological polar surface area (TPSA) is 83.9 Å². The number of aromatic amines is 1. The molecule has 3 aromatic heterocycles. The molecule has 0 saturated heterocycles. The molecule has 0 amide bonds. The lowest BCUT2D eigenvalue weighted by Gasteiger charge is -2.12. The second-order valence-corrected chi connectivity index (χ2v) is 6.69. The van der Waals surface area contributed by atoms with Crippen LogP contribution in [0.3, 0.4) is 0 Å². The molecule has 0 fully saturated rings. The average Bonchev–Trinajstić information content (AvgIpc) is 3.38. The Bertz CT molecular complexity index is 982. The van der Waals surface area contributed by atoms with E-state index in [1.165, 1.54) is 6.33 Å². The van der Waals surface area contributed by atoms with Crippen LogP contribution in [0.1, 0.15) is 17.2 Å². The molecule has 0 saturated carbocycles. The smallest absolute Gasteiger partial charge is 0.165 e. The summed E-state index contributed by atoms with van der Waals surface area (Å²) in [7, 11) is 1.62. The predicted octanol–water partition coefficient (Wildman–Crippen LogP) is 3.69. The van der Waals surface area contributed by atoms with Gasteiger partial charge >= 0.3 is 0 Å². The summed E-state index contributed by atoms with van der Waals surface area (Å²) >= 11 is 1.55. The van der Waals surface area contributed by atoms with Crippen molar-refractivity contribution in [2.24, 2.45) is 0 Å². The number of thiophene rings is 1. The Hall–Kier alpha value is -3.03. The molecule has 3 heterocycles. The van der Waals surface area contributed by atoms with Crippen molar-refractivity contribution in [2.75, 3.05) is 7.11 Å². The van der Waals surface area contributed by atoms with Crippen LogP contribution in [0, 0.1) is 0 Å². The third-order valence-electron chi connectivity index (χ3n) is 4.08. The van der Waals surface area contributed by atoms with Gasteiger partial charge in [0.25, 0.3) is 0 Å². The maximum absolute atomic E-state index is 11.0. The molecule has 2 N–H and O–H groups in total. The summed E-state index contributed by atoms with van der Waals surface area (Å²) in [6.45, 7) is 0. The molecule has 26 heavy (non-hydrogen) atoms. The van der Waals surface area contributed by atoms with E-state index in [4.69, 9.17) is 4.74 Å². The van der Waals surface area contributed by atoms with Crippen LogP contribution >= 0.6 is 11.3 Å². The van der Waals surface area contributed by atoms with Crippen molar-refractivity contribution in [1.82, 2.24) is 20.2 Å². The third kappa shape index (κ3) is 3.10. The van der Waals surface area contributed by atoms with Crippen LogP contribution in [-0.2, 0) is 0 Å². The minimum Gasteiger partial charge on any atom is -0.497 e. The zero-order valence-corrected chi connectivity index (χ0v) is 14.8. The first kappa shape index (κ1) is 16.4. The van der Waals surface area contributed by atoms with Crippen LogP contribution in [0.2, 0.25) is 0 Å².